The zero-order valence-corrected chi connectivity index (χ0v) is 12.2. The Labute approximate surface area is 119 Å². The second-order valence-electron chi connectivity index (χ2n) is 4.93. The number of carbonyl (C=O) groups is 2. The molecule has 1 rings (SSSR count). The fourth-order valence-corrected chi connectivity index (χ4v) is 1.95. The van der Waals surface area contributed by atoms with E-state index in [4.69, 9.17) is 5.11 Å². The highest BCUT2D eigenvalue weighted by Gasteiger charge is 2.20. The van der Waals surface area contributed by atoms with Crippen molar-refractivity contribution >= 4 is 11.8 Å². The summed E-state index contributed by atoms with van der Waals surface area (Å²) < 4.78 is 0. The third-order valence-corrected chi connectivity index (χ3v) is 3.02. The molecule has 0 aliphatic rings. The summed E-state index contributed by atoms with van der Waals surface area (Å²) in [6.45, 7) is 3.97. The van der Waals surface area contributed by atoms with Crippen LogP contribution in [0.5, 0.6) is 0 Å². The van der Waals surface area contributed by atoms with Gasteiger partial charge in [-0.25, -0.2) is 0 Å². The van der Waals surface area contributed by atoms with Crippen LogP contribution in [0, 0.1) is 0 Å². The number of likely N-dealkylation sites (N-methyl/N-ethyl adjacent to an activating group) is 1. The van der Waals surface area contributed by atoms with Crippen LogP contribution in [0.3, 0.4) is 0 Å². The summed E-state index contributed by atoms with van der Waals surface area (Å²) in [4.78, 5) is 27.2. The maximum absolute atomic E-state index is 12.1. The molecule has 0 saturated carbocycles. The lowest BCUT2D eigenvalue weighted by atomic mass is 10.2. The molecule has 110 valence electrons. The van der Waals surface area contributed by atoms with E-state index >= 15 is 0 Å². The number of hydrogen-bond acceptors (Lipinski definition) is 3. The minimum atomic E-state index is -0.188. The van der Waals surface area contributed by atoms with Gasteiger partial charge in [0.1, 0.15) is 0 Å². The number of benzene rings is 1. The Hall–Kier alpha value is -1.88. The monoisotopic (exact) mass is 278 g/mol. The van der Waals surface area contributed by atoms with E-state index in [0.29, 0.717) is 5.56 Å². The normalized spacial score (nSPS) is 10.4. The van der Waals surface area contributed by atoms with Crippen LogP contribution in [0.4, 0.5) is 0 Å². The van der Waals surface area contributed by atoms with Crippen molar-refractivity contribution in [1.82, 2.24) is 9.80 Å². The summed E-state index contributed by atoms with van der Waals surface area (Å²) in [7, 11) is 1.60. The number of nitrogens with zero attached hydrogens (tertiary/aromatic N) is 2. The Bertz CT molecular complexity index is 446. The van der Waals surface area contributed by atoms with Gasteiger partial charge in [-0.15, -0.1) is 0 Å². The topological polar surface area (TPSA) is 60.9 Å². The first-order valence-electron chi connectivity index (χ1n) is 6.68. The number of aliphatic hydroxyl groups excluding tert-OH is 1. The molecule has 0 fully saturated rings. The molecule has 0 saturated heterocycles. The number of carbonyl (C=O) groups excluding carboxylic acids is 2. The lowest BCUT2D eigenvalue weighted by molar-refractivity contribution is -0.133. The van der Waals surface area contributed by atoms with Gasteiger partial charge in [-0.2, -0.15) is 0 Å². The molecule has 1 N–H and O–H groups in total. The van der Waals surface area contributed by atoms with Crippen molar-refractivity contribution in [2.45, 2.75) is 19.9 Å². The van der Waals surface area contributed by atoms with Gasteiger partial charge in [0.25, 0.3) is 5.91 Å². The Morgan fingerprint density at radius 3 is 2.30 bits per heavy atom. The smallest absolute Gasteiger partial charge is 0.254 e. The minimum absolute atomic E-state index is 0.00474. The molecule has 0 heterocycles. The number of hydrogen-bond donors (Lipinski definition) is 1. The molecule has 1 aromatic rings. The van der Waals surface area contributed by atoms with Crippen LogP contribution < -0.4 is 0 Å². The Balaban J connectivity index is 2.67. The zero-order chi connectivity index (χ0) is 15.1. The van der Waals surface area contributed by atoms with Crippen LogP contribution in [-0.4, -0.2) is 59.5 Å². The highest BCUT2D eigenvalue weighted by Crippen LogP contribution is 2.05. The molecular weight excluding hydrogens is 256 g/mol. The van der Waals surface area contributed by atoms with Crippen molar-refractivity contribution in [2.24, 2.45) is 0 Å². The molecule has 5 nitrogen and oxygen atoms in total. The average Bonchev–Trinajstić information content (AvgIpc) is 2.44. The lowest BCUT2D eigenvalue weighted by Crippen LogP contribution is -2.45. The number of aliphatic hydroxyl groups is 1. The molecule has 0 aliphatic heterocycles. The molecule has 0 spiro atoms. The summed E-state index contributed by atoms with van der Waals surface area (Å²) >= 11 is 0. The quantitative estimate of drug-likeness (QED) is 0.844. The third kappa shape index (κ3) is 4.35. The minimum Gasteiger partial charge on any atom is -0.395 e. The van der Waals surface area contributed by atoms with E-state index in [1.807, 2.05) is 19.9 Å². The van der Waals surface area contributed by atoms with Crippen LogP contribution in [-0.2, 0) is 4.79 Å². The lowest BCUT2D eigenvalue weighted by Gasteiger charge is -2.28. The first-order valence-corrected chi connectivity index (χ1v) is 6.68. The highest BCUT2D eigenvalue weighted by atomic mass is 16.3. The van der Waals surface area contributed by atoms with Crippen LogP contribution in [0.1, 0.15) is 24.2 Å². The van der Waals surface area contributed by atoms with Crippen molar-refractivity contribution < 1.29 is 14.7 Å². The fourth-order valence-electron chi connectivity index (χ4n) is 1.95. The zero-order valence-electron chi connectivity index (χ0n) is 12.2. The Morgan fingerprint density at radius 1 is 1.20 bits per heavy atom. The van der Waals surface area contributed by atoms with Gasteiger partial charge in [0.05, 0.1) is 13.2 Å². The molecule has 1 aromatic carbocycles. The van der Waals surface area contributed by atoms with E-state index in [-0.39, 0.29) is 37.6 Å². The van der Waals surface area contributed by atoms with Gasteiger partial charge >= 0.3 is 0 Å². The SMILES string of the molecule is CC(C)N(CCO)C(=O)CN(C)C(=O)c1ccccc1. The molecule has 2 amide bonds. The predicted octanol–water partition coefficient (Wildman–Crippen LogP) is 0.988. The second-order valence-corrected chi connectivity index (χ2v) is 4.93. The van der Waals surface area contributed by atoms with Crippen LogP contribution >= 0.6 is 0 Å². The summed E-state index contributed by atoms with van der Waals surface area (Å²) in [6, 6.07) is 8.84. The summed E-state index contributed by atoms with van der Waals surface area (Å²) in [5, 5.41) is 8.98. The predicted molar refractivity (Wildman–Crippen MR) is 77.3 cm³/mol. The van der Waals surface area contributed by atoms with Crippen molar-refractivity contribution in [1.29, 1.82) is 0 Å². The molecular formula is C15H22N2O3. The first-order chi connectivity index (χ1) is 9.47. The van der Waals surface area contributed by atoms with Gasteiger partial charge in [0, 0.05) is 25.2 Å². The van der Waals surface area contributed by atoms with E-state index in [0.717, 1.165) is 0 Å². The van der Waals surface area contributed by atoms with Crippen molar-refractivity contribution in [3.63, 3.8) is 0 Å². The fraction of sp³-hybridized carbons (Fsp3) is 0.467. The van der Waals surface area contributed by atoms with Gasteiger partial charge in [-0.3, -0.25) is 9.59 Å². The molecule has 0 radical (unpaired) electrons. The molecule has 0 aromatic heterocycles. The molecule has 0 unspecified atom stereocenters. The number of amides is 2. The van der Waals surface area contributed by atoms with Crippen molar-refractivity contribution in [3.05, 3.63) is 35.9 Å². The summed E-state index contributed by atoms with van der Waals surface area (Å²) in [5.41, 5.74) is 0.557. The molecule has 20 heavy (non-hydrogen) atoms. The first kappa shape index (κ1) is 16.2. The second kappa shape index (κ2) is 7.65. The Kier molecular flexibility index (Phi) is 6.18. The highest BCUT2D eigenvalue weighted by molar-refractivity contribution is 5.96. The van der Waals surface area contributed by atoms with E-state index in [9.17, 15) is 9.59 Å². The van der Waals surface area contributed by atoms with Crippen molar-refractivity contribution in [2.75, 3.05) is 26.7 Å². The largest absolute Gasteiger partial charge is 0.395 e. The van der Waals surface area contributed by atoms with E-state index in [2.05, 4.69) is 0 Å². The standard InChI is InChI=1S/C15H22N2O3/c1-12(2)17(9-10-18)14(19)11-16(3)15(20)13-7-5-4-6-8-13/h4-8,12,18H,9-11H2,1-3H3. The van der Waals surface area contributed by atoms with Crippen LogP contribution in [0.2, 0.25) is 0 Å². The molecule has 0 atom stereocenters. The molecule has 0 aliphatic carbocycles. The molecule has 0 bridgehead atoms. The van der Waals surface area contributed by atoms with Gasteiger partial charge in [-0.05, 0) is 26.0 Å². The maximum Gasteiger partial charge on any atom is 0.254 e. The van der Waals surface area contributed by atoms with E-state index < -0.39 is 0 Å². The van der Waals surface area contributed by atoms with Gasteiger partial charge in [-0.1, -0.05) is 18.2 Å². The summed E-state index contributed by atoms with van der Waals surface area (Å²) in [6.07, 6.45) is 0. The third-order valence-electron chi connectivity index (χ3n) is 3.02. The summed E-state index contributed by atoms with van der Waals surface area (Å²) in [5.74, 6) is -0.354. The average molecular weight is 278 g/mol. The van der Waals surface area contributed by atoms with Crippen LogP contribution in [0.25, 0.3) is 0 Å². The van der Waals surface area contributed by atoms with Gasteiger partial charge in [0.2, 0.25) is 5.91 Å². The van der Waals surface area contributed by atoms with Gasteiger partial charge in [0.15, 0.2) is 0 Å². The van der Waals surface area contributed by atoms with E-state index in [1.54, 1.807) is 36.2 Å². The maximum atomic E-state index is 12.1. The number of rotatable bonds is 6. The van der Waals surface area contributed by atoms with E-state index in [1.165, 1.54) is 4.90 Å². The van der Waals surface area contributed by atoms with Gasteiger partial charge < -0.3 is 14.9 Å². The molecule has 5 heteroatoms. The Morgan fingerprint density at radius 2 is 1.80 bits per heavy atom. The van der Waals surface area contributed by atoms with Crippen molar-refractivity contribution in [3.8, 4) is 0 Å². The van der Waals surface area contributed by atoms with Crippen LogP contribution in [0.15, 0.2) is 30.3 Å².